The van der Waals surface area contributed by atoms with Crippen molar-refractivity contribution in [2.24, 2.45) is 0 Å². The number of carbonyl (C=O) groups is 1. The molecule has 0 saturated heterocycles. The van der Waals surface area contributed by atoms with Gasteiger partial charge in [-0.25, -0.2) is 0 Å². The molecule has 3 nitrogen and oxygen atoms in total. The van der Waals surface area contributed by atoms with Crippen molar-refractivity contribution in [2.75, 3.05) is 11.4 Å². The summed E-state index contributed by atoms with van der Waals surface area (Å²) in [7, 11) is 0. The average molecular weight is 281 g/mol. The van der Waals surface area contributed by atoms with Gasteiger partial charge in [0.25, 0.3) is 0 Å². The molecule has 2 aromatic rings. The molecule has 0 spiro atoms. The molecule has 0 radical (unpaired) electrons. The van der Waals surface area contributed by atoms with E-state index in [1.54, 1.807) is 0 Å². The number of para-hydroxylation sites is 1. The van der Waals surface area contributed by atoms with E-state index in [0.717, 1.165) is 25.1 Å². The summed E-state index contributed by atoms with van der Waals surface area (Å²) in [5.74, 6) is -0.736. The molecular formula is C18H19NO2. The molecule has 1 aliphatic heterocycles. The summed E-state index contributed by atoms with van der Waals surface area (Å²) in [5.41, 5.74) is 5.04. The lowest BCUT2D eigenvalue weighted by molar-refractivity contribution is -0.136. The summed E-state index contributed by atoms with van der Waals surface area (Å²) in [6.07, 6.45) is 1.84. The number of fused-ring (bicyclic) bond motifs is 1. The average Bonchev–Trinajstić information content (AvgIpc) is 2.90. The summed E-state index contributed by atoms with van der Waals surface area (Å²) in [6.45, 7) is 1.90. The van der Waals surface area contributed by atoms with E-state index in [-0.39, 0.29) is 6.42 Å². The van der Waals surface area contributed by atoms with Gasteiger partial charge in [-0.1, -0.05) is 48.5 Å². The highest BCUT2D eigenvalue weighted by atomic mass is 16.4. The van der Waals surface area contributed by atoms with Gasteiger partial charge < -0.3 is 10.0 Å². The first-order valence-electron chi connectivity index (χ1n) is 7.35. The number of anilines is 1. The van der Waals surface area contributed by atoms with E-state index < -0.39 is 5.97 Å². The minimum atomic E-state index is -0.736. The van der Waals surface area contributed by atoms with Crippen molar-refractivity contribution in [3.05, 3.63) is 65.2 Å². The van der Waals surface area contributed by atoms with Crippen LogP contribution in [0, 0.1) is 0 Å². The van der Waals surface area contributed by atoms with Gasteiger partial charge in [0.2, 0.25) is 0 Å². The molecule has 108 valence electrons. The van der Waals surface area contributed by atoms with Gasteiger partial charge >= 0.3 is 5.97 Å². The molecule has 0 atom stereocenters. The molecule has 1 aliphatic rings. The maximum Gasteiger partial charge on any atom is 0.303 e. The van der Waals surface area contributed by atoms with Gasteiger partial charge in [-0.3, -0.25) is 4.79 Å². The van der Waals surface area contributed by atoms with Gasteiger partial charge in [0, 0.05) is 25.2 Å². The molecule has 0 amide bonds. The maximum atomic E-state index is 10.8. The molecule has 0 saturated carbocycles. The molecule has 21 heavy (non-hydrogen) atoms. The third-order valence-electron chi connectivity index (χ3n) is 3.99. The summed E-state index contributed by atoms with van der Waals surface area (Å²) in [4.78, 5) is 13.2. The van der Waals surface area contributed by atoms with E-state index in [2.05, 4.69) is 41.3 Å². The lowest BCUT2D eigenvalue weighted by Crippen LogP contribution is -2.20. The number of aliphatic carboxylic acids is 1. The number of nitrogens with zero attached hydrogens (tertiary/aromatic N) is 1. The van der Waals surface area contributed by atoms with E-state index in [0.29, 0.717) is 6.42 Å². The van der Waals surface area contributed by atoms with Crippen LogP contribution in [0.2, 0.25) is 0 Å². The van der Waals surface area contributed by atoms with Crippen LogP contribution in [0.4, 0.5) is 5.69 Å². The number of carboxylic acid groups (broad SMARTS) is 1. The Kier molecular flexibility index (Phi) is 3.91. The number of carboxylic acids is 1. The lowest BCUT2D eigenvalue weighted by atomic mass is 10.0. The zero-order chi connectivity index (χ0) is 14.7. The first-order valence-corrected chi connectivity index (χ1v) is 7.35. The SMILES string of the molecule is O=C(O)CCc1cccc2c1N(Cc1ccccc1)CC2. The van der Waals surface area contributed by atoms with Crippen molar-refractivity contribution in [1.82, 2.24) is 0 Å². The fourth-order valence-corrected chi connectivity index (χ4v) is 3.02. The van der Waals surface area contributed by atoms with E-state index in [4.69, 9.17) is 5.11 Å². The number of aryl methyl sites for hydroxylation is 1. The third-order valence-corrected chi connectivity index (χ3v) is 3.99. The Morgan fingerprint density at radius 2 is 1.90 bits per heavy atom. The van der Waals surface area contributed by atoms with Crippen molar-refractivity contribution in [1.29, 1.82) is 0 Å². The van der Waals surface area contributed by atoms with Crippen LogP contribution in [0.15, 0.2) is 48.5 Å². The fourth-order valence-electron chi connectivity index (χ4n) is 3.02. The van der Waals surface area contributed by atoms with Gasteiger partial charge in [0.1, 0.15) is 0 Å². The Balaban J connectivity index is 1.84. The van der Waals surface area contributed by atoms with Crippen LogP contribution in [-0.4, -0.2) is 17.6 Å². The van der Waals surface area contributed by atoms with Crippen LogP contribution in [0.25, 0.3) is 0 Å². The number of benzene rings is 2. The van der Waals surface area contributed by atoms with Crippen molar-refractivity contribution in [3.8, 4) is 0 Å². The molecule has 0 aromatic heterocycles. The molecule has 3 heteroatoms. The first-order chi connectivity index (χ1) is 10.2. The van der Waals surface area contributed by atoms with Crippen LogP contribution in [0.3, 0.4) is 0 Å². The maximum absolute atomic E-state index is 10.8. The number of hydrogen-bond donors (Lipinski definition) is 1. The van der Waals surface area contributed by atoms with Crippen LogP contribution in [0.1, 0.15) is 23.1 Å². The summed E-state index contributed by atoms with van der Waals surface area (Å²) < 4.78 is 0. The van der Waals surface area contributed by atoms with Gasteiger partial charge in [-0.15, -0.1) is 0 Å². The van der Waals surface area contributed by atoms with Gasteiger partial charge in [0.15, 0.2) is 0 Å². The van der Waals surface area contributed by atoms with Gasteiger partial charge in [0.05, 0.1) is 0 Å². The number of hydrogen-bond acceptors (Lipinski definition) is 2. The molecule has 0 bridgehead atoms. The zero-order valence-corrected chi connectivity index (χ0v) is 12.0. The predicted molar refractivity (Wildman–Crippen MR) is 83.6 cm³/mol. The standard InChI is InChI=1S/C18H19NO2/c20-17(21)10-9-15-7-4-8-16-11-12-19(18(15)16)13-14-5-2-1-3-6-14/h1-8H,9-13H2,(H,20,21). The molecule has 2 aromatic carbocycles. The number of rotatable bonds is 5. The van der Waals surface area contributed by atoms with Gasteiger partial charge in [-0.2, -0.15) is 0 Å². The lowest BCUT2D eigenvalue weighted by Gasteiger charge is -2.22. The van der Waals surface area contributed by atoms with E-state index in [1.807, 2.05) is 12.1 Å². The topological polar surface area (TPSA) is 40.5 Å². The van der Waals surface area contributed by atoms with E-state index >= 15 is 0 Å². The smallest absolute Gasteiger partial charge is 0.303 e. The zero-order valence-electron chi connectivity index (χ0n) is 12.0. The Labute approximate surface area is 124 Å². The fraction of sp³-hybridized carbons (Fsp3) is 0.278. The Bertz CT molecular complexity index is 637. The second kappa shape index (κ2) is 6.00. The van der Waals surface area contributed by atoms with Crippen molar-refractivity contribution < 1.29 is 9.90 Å². The van der Waals surface area contributed by atoms with Gasteiger partial charge in [-0.05, 0) is 29.5 Å². The second-order valence-electron chi connectivity index (χ2n) is 5.48. The molecule has 3 rings (SSSR count). The largest absolute Gasteiger partial charge is 0.481 e. The van der Waals surface area contributed by atoms with Crippen molar-refractivity contribution in [2.45, 2.75) is 25.8 Å². The van der Waals surface area contributed by atoms with Crippen LogP contribution in [0.5, 0.6) is 0 Å². The third kappa shape index (κ3) is 3.07. The quantitative estimate of drug-likeness (QED) is 0.914. The molecular weight excluding hydrogens is 262 g/mol. The molecule has 0 unspecified atom stereocenters. The van der Waals surface area contributed by atoms with Crippen molar-refractivity contribution >= 4 is 11.7 Å². The Morgan fingerprint density at radius 3 is 2.67 bits per heavy atom. The predicted octanol–water partition coefficient (Wildman–Crippen LogP) is 3.27. The summed E-state index contributed by atoms with van der Waals surface area (Å²) >= 11 is 0. The second-order valence-corrected chi connectivity index (χ2v) is 5.48. The van der Waals surface area contributed by atoms with E-state index in [1.165, 1.54) is 16.8 Å². The Hall–Kier alpha value is -2.29. The highest BCUT2D eigenvalue weighted by Crippen LogP contribution is 2.33. The minimum absolute atomic E-state index is 0.190. The van der Waals surface area contributed by atoms with Crippen LogP contribution >= 0.6 is 0 Å². The van der Waals surface area contributed by atoms with Crippen LogP contribution in [-0.2, 0) is 24.2 Å². The molecule has 1 heterocycles. The van der Waals surface area contributed by atoms with Crippen LogP contribution < -0.4 is 4.90 Å². The molecule has 0 fully saturated rings. The summed E-state index contributed by atoms with van der Waals surface area (Å²) in [6, 6.07) is 16.7. The Morgan fingerprint density at radius 1 is 1.10 bits per heavy atom. The normalized spacial score (nSPS) is 13.2. The van der Waals surface area contributed by atoms with E-state index in [9.17, 15) is 4.79 Å². The highest BCUT2D eigenvalue weighted by molar-refractivity contribution is 5.69. The summed E-state index contributed by atoms with van der Waals surface area (Å²) in [5, 5.41) is 8.91. The highest BCUT2D eigenvalue weighted by Gasteiger charge is 2.22. The van der Waals surface area contributed by atoms with Crippen molar-refractivity contribution in [3.63, 3.8) is 0 Å². The minimum Gasteiger partial charge on any atom is -0.481 e. The molecule has 0 aliphatic carbocycles. The first kappa shape index (κ1) is 13.7. The molecule has 1 N–H and O–H groups in total. The monoisotopic (exact) mass is 281 g/mol.